The molecule has 5 heavy (non-hydrogen) atoms. The SMILES string of the molecule is OB1OO1.[Na]. The van der Waals surface area contributed by atoms with E-state index in [1.165, 1.54) is 0 Å². The first-order chi connectivity index (χ1) is 1.89. The molecule has 1 heterocycles. The van der Waals surface area contributed by atoms with Gasteiger partial charge in [0.2, 0.25) is 0 Å². The van der Waals surface area contributed by atoms with Crippen LogP contribution in [0.25, 0.3) is 0 Å². The molecule has 1 rings (SSSR count). The van der Waals surface area contributed by atoms with Crippen LogP contribution in [0.2, 0.25) is 0 Å². The Hall–Kier alpha value is 0.945. The van der Waals surface area contributed by atoms with E-state index in [0.717, 1.165) is 0 Å². The van der Waals surface area contributed by atoms with Crippen molar-refractivity contribution in [2.45, 2.75) is 0 Å². The third-order valence-corrected chi connectivity index (χ3v) is 0.182. The summed E-state index contributed by atoms with van der Waals surface area (Å²) in [6.07, 6.45) is 0. The van der Waals surface area contributed by atoms with Gasteiger partial charge < -0.3 is 5.02 Å². The molecule has 0 aromatic carbocycles. The molecule has 3 nitrogen and oxygen atoms in total. The molecule has 1 saturated heterocycles. The van der Waals surface area contributed by atoms with E-state index in [1.807, 2.05) is 0 Å². The predicted octanol–water partition coefficient (Wildman–Crippen LogP) is -1.46. The fourth-order valence-corrected chi connectivity index (χ4v) is 0.0248. The summed E-state index contributed by atoms with van der Waals surface area (Å²) in [5.41, 5.74) is 0. The van der Waals surface area contributed by atoms with Crippen molar-refractivity contribution in [3.05, 3.63) is 0 Å². The van der Waals surface area contributed by atoms with Gasteiger partial charge in [-0.25, -0.2) is 9.61 Å². The molecule has 5 heteroatoms. The van der Waals surface area contributed by atoms with E-state index in [2.05, 4.69) is 9.61 Å². The number of hydrogen-bond acceptors (Lipinski definition) is 3. The summed E-state index contributed by atoms with van der Waals surface area (Å²) >= 11 is 0. The first-order valence-electron chi connectivity index (χ1n) is 0.896. The second-order valence-electron chi connectivity index (χ2n) is 0.499. The smallest absolute Gasteiger partial charge is 0.399 e. The molecule has 1 aliphatic heterocycles. The predicted molar refractivity (Wildman–Crippen MR) is 15.9 cm³/mol. The summed E-state index contributed by atoms with van der Waals surface area (Å²) in [6.45, 7) is 0. The summed E-state index contributed by atoms with van der Waals surface area (Å²) in [5.74, 6) is 0. The van der Waals surface area contributed by atoms with Crippen LogP contribution >= 0.6 is 0 Å². The van der Waals surface area contributed by atoms with Gasteiger partial charge in [0.25, 0.3) is 0 Å². The molecule has 0 aromatic heterocycles. The molecule has 1 fully saturated rings. The normalized spacial score (nSPS) is 17.4. The Labute approximate surface area is 51.7 Å². The summed E-state index contributed by atoms with van der Waals surface area (Å²) in [7, 11) is -0.917. The van der Waals surface area contributed by atoms with Gasteiger partial charge >= 0.3 is 7.32 Å². The van der Waals surface area contributed by atoms with E-state index in [9.17, 15) is 0 Å². The molecular weight excluding hydrogens is 81.8 g/mol. The third kappa shape index (κ3) is 2.76. The van der Waals surface area contributed by atoms with E-state index >= 15 is 0 Å². The fraction of sp³-hybridized carbons (Fsp3) is 0. The second kappa shape index (κ2) is 2.18. The topological polar surface area (TPSA) is 45.3 Å². The van der Waals surface area contributed by atoms with Crippen LogP contribution in [0, 0.1) is 0 Å². The average molecular weight is 82.8 g/mol. The van der Waals surface area contributed by atoms with Gasteiger partial charge in [-0.3, -0.25) is 0 Å². The van der Waals surface area contributed by atoms with Gasteiger partial charge in [0.05, 0.1) is 0 Å². The maximum absolute atomic E-state index is 7.72. The first-order valence-corrected chi connectivity index (χ1v) is 0.896. The van der Waals surface area contributed by atoms with Crippen LogP contribution in [0.1, 0.15) is 0 Å². The molecule has 0 amide bonds. The first kappa shape index (κ1) is 5.94. The zero-order chi connectivity index (χ0) is 2.99. The van der Waals surface area contributed by atoms with Gasteiger partial charge in [-0.2, -0.15) is 0 Å². The Balaban J connectivity index is 0.000000160. The van der Waals surface area contributed by atoms with Crippen LogP contribution in [0.5, 0.6) is 0 Å². The van der Waals surface area contributed by atoms with Gasteiger partial charge in [-0.1, -0.05) is 0 Å². The average Bonchev–Trinajstić information content (AvgIpc) is 1.75. The molecule has 0 unspecified atom stereocenters. The third-order valence-electron chi connectivity index (χ3n) is 0.182. The molecular formula is HBNaO3. The fourth-order valence-electron chi connectivity index (χ4n) is 0.0248. The molecule has 1 aliphatic rings. The van der Waals surface area contributed by atoms with Gasteiger partial charge in [0, 0.05) is 29.6 Å². The van der Waals surface area contributed by atoms with Gasteiger partial charge in [0.1, 0.15) is 0 Å². The van der Waals surface area contributed by atoms with Crippen LogP contribution in [0.3, 0.4) is 0 Å². The van der Waals surface area contributed by atoms with Crippen molar-refractivity contribution in [2.24, 2.45) is 0 Å². The molecule has 1 radical (unpaired) electrons. The summed E-state index contributed by atoms with van der Waals surface area (Å²) in [6, 6.07) is 0. The molecule has 0 bridgehead atoms. The summed E-state index contributed by atoms with van der Waals surface area (Å²) in [4.78, 5) is 7.53. The van der Waals surface area contributed by atoms with E-state index in [1.54, 1.807) is 0 Å². The monoisotopic (exact) mass is 83.0 g/mol. The van der Waals surface area contributed by atoms with Crippen molar-refractivity contribution >= 4 is 36.9 Å². The molecule has 1 N–H and O–H groups in total. The molecule has 0 saturated carbocycles. The van der Waals surface area contributed by atoms with Gasteiger partial charge in [0.15, 0.2) is 0 Å². The van der Waals surface area contributed by atoms with Crippen molar-refractivity contribution in [1.29, 1.82) is 0 Å². The zero-order valence-corrected chi connectivity index (χ0v) is 4.84. The Morgan fingerprint density at radius 2 is 1.60 bits per heavy atom. The van der Waals surface area contributed by atoms with Crippen LogP contribution in [-0.4, -0.2) is 41.9 Å². The van der Waals surface area contributed by atoms with Crippen LogP contribution < -0.4 is 0 Å². The minimum absolute atomic E-state index is 0. The van der Waals surface area contributed by atoms with E-state index in [-0.39, 0.29) is 29.6 Å². The van der Waals surface area contributed by atoms with Crippen molar-refractivity contribution in [1.82, 2.24) is 0 Å². The number of hydrogen-bond donors (Lipinski definition) is 1. The molecule has 0 atom stereocenters. The van der Waals surface area contributed by atoms with E-state index in [4.69, 9.17) is 5.02 Å². The Morgan fingerprint density at radius 1 is 1.40 bits per heavy atom. The number of rotatable bonds is 0. The second-order valence-corrected chi connectivity index (χ2v) is 0.499. The van der Waals surface area contributed by atoms with Crippen molar-refractivity contribution in [3.8, 4) is 0 Å². The van der Waals surface area contributed by atoms with E-state index in [0.29, 0.717) is 0 Å². The molecule has 0 aromatic rings. The van der Waals surface area contributed by atoms with Crippen molar-refractivity contribution in [3.63, 3.8) is 0 Å². The largest absolute Gasteiger partial charge is 0.691 e. The minimum atomic E-state index is -0.917. The Bertz CT molecular complexity index is 26.1. The van der Waals surface area contributed by atoms with Crippen molar-refractivity contribution < 1.29 is 14.6 Å². The Morgan fingerprint density at radius 3 is 1.60 bits per heavy atom. The summed E-state index contributed by atoms with van der Waals surface area (Å²) < 4.78 is 0. The summed E-state index contributed by atoms with van der Waals surface area (Å²) in [5, 5.41) is 7.72. The molecule has 23 valence electrons. The van der Waals surface area contributed by atoms with Gasteiger partial charge in [-0.15, -0.1) is 0 Å². The Kier molecular flexibility index (Phi) is 2.59. The van der Waals surface area contributed by atoms with Crippen LogP contribution in [0.15, 0.2) is 0 Å². The van der Waals surface area contributed by atoms with E-state index < -0.39 is 7.32 Å². The maximum Gasteiger partial charge on any atom is 0.691 e. The van der Waals surface area contributed by atoms with Gasteiger partial charge in [-0.05, 0) is 0 Å². The molecule has 0 aliphatic carbocycles. The maximum atomic E-state index is 7.72. The van der Waals surface area contributed by atoms with Crippen molar-refractivity contribution in [2.75, 3.05) is 0 Å². The molecule has 0 spiro atoms. The minimum Gasteiger partial charge on any atom is -0.399 e. The standard InChI is InChI=1S/BHO3.Na/c2-1-3-4-1;/h2H;. The van der Waals surface area contributed by atoms with Crippen LogP contribution in [0.4, 0.5) is 0 Å². The zero-order valence-electron chi connectivity index (χ0n) is 2.84. The quantitative estimate of drug-likeness (QED) is 0.221. The van der Waals surface area contributed by atoms with Crippen LogP contribution in [-0.2, 0) is 9.61 Å².